The fraction of sp³-hybridized carbons (Fsp3) is 0.625. The lowest BCUT2D eigenvalue weighted by atomic mass is 10.0. The predicted octanol–water partition coefficient (Wildman–Crippen LogP) is 2.83. The molecular formula is C16H27BrN2O2. The number of nitrogens with zero attached hydrogens (tertiary/aromatic N) is 1. The van der Waals surface area contributed by atoms with Crippen molar-refractivity contribution >= 4 is 21.6 Å². The van der Waals surface area contributed by atoms with Crippen LogP contribution in [0.2, 0.25) is 0 Å². The molecule has 0 spiro atoms. The Kier molecular flexibility index (Phi) is 8.92. The molecule has 2 N–H and O–H groups in total. The van der Waals surface area contributed by atoms with Crippen LogP contribution in [-0.4, -0.2) is 46.6 Å². The molecule has 5 heteroatoms. The zero-order chi connectivity index (χ0) is 15.7. The first kappa shape index (κ1) is 18.4. The van der Waals surface area contributed by atoms with Crippen molar-refractivity contribution in [3.05, 3.63) is 28.2 Å². The van der Waals surface area contributed by atoms with Crippen molar-refractivity contribution in [2.24, 2.45) is 5.73 Å². The van der Waals surface area contributed by atoms with Gasteiger partial charge in [-0.1, -0.05) is 13.0 Å². The van der Waals surface area contributed by atoms with Crippen LogP contribution in [0.1, 0.15) is 18.9 Å². The van der Waals surface area contributed by atoms with Gasteiger partial charge in [-0.05, 0) is 46.5 Å². The molecule has 0 aliphatic carbocycles. The quantitative estimate of drug-likeness (QED) is 0.698. The molecule has 0 saturated heterocycles. The highest BCUT2D eigenvalue weighted by Crippen LogP contribution is 2.28. The Balaban J connectivity index is 2.82. The first-order valence-corrected chi connectivity index (χ1v) is 8.18. The van der Waals surface area contributed by atoms with Crippen LogP contribution in [0.25, 0.3) is 0 Å². The average Bonchev–Trinajstić information content (AvgIpc) is 2.48. The number of anilines is 1. The number of halogens is 1. The van der Waals surface area contributed by atoms with Crippen molar-refractivity contribution in [1.82, 2.24) is 0 Å². The molecule has 1 rings (SSSR count). The summed E-state index contributed by atoms with van der Waals surface area (Å²) in [6, 6.07) is 6.69. The standard InChI is InChI=1S/C16H27BrN2O2/c1-4-14(18)11-13-5-6-16(15(17)12-13)19(7-9-20-2)8-10-21-3/h5-6,12,14H,4,7-11,18H2,1-3H3. The highest BCUT2D eigenvalue weighted by atomic mass is 79.9. The average molecular weight is 359 g/mol. The number of nitrogens with two attached hydrogens (primary N) is 1. The van der Waals surface area contributed by atoms with Gasteiger partial charge in [-0.3, -0.25) is 0 Å². The fourth-order valence-corrected chi connectivity index (χ4v) is 2.81. The highest BCUT2D eigenvalue weighted by Gasteiger charge is 2.11. The molecule has 1 atom stereocenters. The molecule has 1 unspecified atom stereocenters. The molecule has 4 nitrogen and oxygen atoms in total. The van der Waals surface area contributed by atoms with Crippen molar-refractivity contribution in [3.63, 3.8) is 0 Å². The van der Waals surface area contributed by atoms with Crippen LogP contribution >= 0.6 is 15.9 Å². The Labute approximate surface area is 136 Å². The number of rotatable bonds is 10. The summed E-state index contributed by atoms with van der Waals surface area (Å²) in [6.45, 7) is 5.18. The van der Waals surface area contributed by atoms with E-state index in [4.69, 9.17) is 15.2 Å². The Morgan fingerprint density at radius 2 is 1.81 bits per heavy atom. The summed E-state index contributed by atoms with van der Waals surface area (Å²) < 4.78 is 11.5. The molecule has 0 fully saturated rings. The maximum absolute atomic E-state index is 6.03. The molecular weight excluding hydrogens is 332 g/mol. The van der Waals surface area contributed by atoms with Gasteiger partial charge in [0.05, 0.1) is 18.9 Å². The molecule has 1 aromatic carbocycles. The van der Waals surface area contributed by atoms with Crippen LogP contribution in [0.4, 0.5) is 5.69 Å². The van der Waals surface area contributed by atoms with Crippen LogP contribution in [0.3, 0.4) is 0 Å². The topological polar surface area (TPSA) is 47.7 Å². The van der Waals surface area contributed by atoms with Crippen LogP contribution in [0.5, 0.6) is 0 Å². The smallest absolute Gasteiger partial charge is 0.0637 e. The number of hydrogen-bond acceptors (Lipinski definition) is 4. The molecule has 0 saturated carbocycles. The molecule has 120 valence electrons. The van der Waals surface area contributed by atoms with Gasteiger partial charge in [-0.25, -0.2) is 0 Å². The SMILES string of the molecule is CCC(N)Cc1ccc(N(CCOC)CCOC)c(Br)c1. The van der Waals surface area contributed by atoms with E-state index in [1.165, 1.54) is 5.56 Å². The number of hydrogen-bond donors (Lipinski definition) is 1. The summed E-state index contributed by atoms with van der Waals surface area (Å²) in [6.07, 6.45) is 1.90. The minimum absolute atomic E-state index is 0.223. The zero-order valence-electron chi connectivity index (χ0n) is 13.3. The Bertz CT molecular complexity index is 407. The van der Waals surface area contributed by atoms with Gasteiger partial charge in [-0.2, -0.15) is 0 Å². The van der Waals surface area contributed by atoms with Gasteiger partial charge in [0, 0.05) is 37.8 Å². The predicted molar refractivity (Wildman–Crippen MR) is 92.1 cm³/mol. The summed E-state index contributed by atoms with van der Waals surface area (Å²) in [5.41, 5.74) is 8.45. The van der Waals surface area contributed by atoms with E-state index >= 15 is 0 Å². The van der Waals surface area contributed by atoms with E-state index in [9.17, 15) is 0 Å². The van der Waals surface area contributed by atoms with Crippen molar-refractivity contribution in [1.29, 1.82) is 0 Å². The molecule has 0 aliphatic rings. The van der Waals surface area contributed by atoms with Crippen molar-refractivity contribution in [3.8, 4) is 0 Å². The van der Waals surface area contributed by atoms with Gasteiger partial charge in [0.1, 0.15) is 0 Å². The monoisotopic (exact) mass is 358 g/mol. The van der Waals surface area contributed by atoms with Gasteiger partial charge < -0.3 is 20.1 Å². The van der Waals surface area contributed by atoms with E-state index in [2.05, 4.69) is 46.0 Å². The molecule has 0 aromatic heterocycles. The van der Waals surface area contributed by atoms with Crippen LogP contribution < -0.4 is 10.6 Å². The third-order valence-electron chi connectivity index (χ3n) is 3.51. The zero-order valence-corrected chi connectivity index (χ0v) is 14.9. The van der Waals surface area contributed by atoms with E-state index in [0.29, 0.717) is 13.2 Å². The van der Waals surface area contributed by atoms with E-state index in [0.717, 1.165) is 36.1 Å². The lowest BCUT2D eigenvalue weighted by Gasteiger charge is -2.26. The number of methoxy groups -OCH3 is 2. The second kappa shape index (κ2) is 10.2. The van der Waals surface area contributed by atoms with E-state index in [1.54, 1.807) is 14.2 Å². The van der Waals surface area contributed by atoms with Gasteiger partial charge in [0.2, 0.25) is 0 Å². The maximum atomic E-state index is 6.03. The second-order valence-electron chi connectivity index (χ2n) is 5.13. The van der Waals surface area contributed by atoms with Gasteiger partial charge in [0.15, 0.2) is 0 Å². The second-order valence-corrected chi connectivity index (χ2v) is 5.99. The van der Waals surface area contributed by atoms with Gasteiger partial charge in [-0.15, -0.1) is 0 Å². The Hall–Kier alpha value is -0.620. The largest absolute Gasteiger partial charge is 0.383 e. The number of ether oxygens (including phenoxy) is 2. The highest BCUT2D eigenvalue weighted by molar-refractivity contribution is 9.10. The molecule has 0 aliphatic heterocycles. The first-order chi connectivity index (χ1) is 10.1. The van der Waals surface area contributed by atoms with Gasteiger partial charge >= 0.3 is 0 Å². The van der Waals surface area contributed by atoms with Gasteiger partial charge in [0.25, 0.3) is 0 Å². The Morgan fingerprint density at radius 3 is 2.29 bits per heavy atom. The maximum Gasteiger partial charge on any atom is 0.0637 e. The van der Waals surface area contributed by atoms with Crippen LogP contribution in [0, 0.1) is 0 Å². The molecule has 0 amide bonds. The molecule has 0 radical (unpaired) electrons. The van der Waals surface area contributed by atoms with Crippen LogP contribution in [0.15, 0.2) is 22.7 Å². The fourth-order valence-electron chi connectivity index (χ4n) is 2.14. The third kappa shape index (κ3) is 6.34. The van der Waals surface area contributed by atoms with Crippen molar-refractivity contribution < 1.29 is 9.47 Å². The normalized spacial score (nSPS) is 12.4. The first-order valence-electron chi connectivity index (χ1n) is 7.39. The van der Waals surface area contributed by atoms with E-state index in [1.807, 2.05) is 0 Å². The molecule has 0 bridgehead atoms. The molecule has 21 heavy (non-hydrogen) atoms. The summed E-state index contributed by atoms with van der Waals surface area (Å²) in [4.78, 5) is 2.26. The minimum atomic E-state index is 0.223. The lowest BCUT2D eigenvalue weighted by Crippen LogP contribution is -2.31. The minimum Gasteiger partial charge on any atom is -0.383 e. The summed E-state index contributed by atoms with van der Waals surface area (Å²) in [5.74, 6) is 0. The number of benzene rings is 1. The van der Waals surface area contributed by atoms with E-state index in [-0.39, 0.29) is 6.04 Å². The van der Waals surface area contributed by atoms with Crippen molar-refractivity contribution in [2.75, 3.05) is 45.4 Å². The van der Waals surface area contributed by atoms with Crippen molar-refractivity contribution in [2.45, 2.75) is 25.8 Å². The Morgan fingerprint density at radius 1 is 1.19 bits per heavy atom. The molecule has 0 heterocycles. The summed E-state index contributed by atoms with van der Waals surface area (Å²) >= 11 is 3.68. The summed E-state index contributed by atoms with van der Waals surface area (Å²) in [5, 5.41) is 0. The third-order valence-corrected chi connectivity index (χ3v) is 4.14. The molecule has 1 aromatic rings. The van der Waals surface area contributed by atoms with Crippen LogP contribution in [-0.2, 0) is 15.9 Å². The summed E-state index contributed by atoms with van der Waals surface area (Å²) in [7, 11) is 3.44. The van der Waals surface area contributed by atoms with E-state index < -0.39 is 0 Å². The lowest BCUT2D eigenvalue weighted by molar-refractivity contribution is 0.190.